The van der Waals surface area contributed by atoms with Crippen molar-refractivity contribution in [2.75, 3.05) is 5.32 Å². The monoisotopic (exact) mass is 515 g/mol. The number of carbonyl (C=O) groups excluding carboxylic acids is 1. The third-order valence-electron chi connectivity index (χ3n) is 7.02. The van der Waals surface area contributed by atoms with Crippen LogP contribution in [0.4, 0.5) is 14.5 Å². The first kappa shape index (κ1) is 25.0. The van der Waals surface area contributed by atoms with Crippen molar-refractivity contribution < 1.29 is 37.3 Å². The normalized spacial score (nSPS) is 28.0. The average Bonchev–Trinajstić information content (AvgIpc) is 2.80. The number of carbonyl (C=O) groups is 1. The number of anilines is 1. The van der Waals surface area contributed by atoms with E-state index in [1.165, 1.54) is 25.1 Å². The van der Waals surface area contributed by atoms with Crippen LogP contribution in [-0.4, -0.2) is 52.7 Å². The Balaban J connectivity index is 1.56. The summed E-state index contributed by atoms with van der Waals surface area (Å²) in [6.45, 7) is 1.36. The molecule has 0 aromatic heterocycles. The molecule has 2 bridgehead atoms. The number of aliphatic hydroxyl groups excluding tert-OH is 2. The zero-order chi connectivity index (χ0) is 25.0. The van der Waals surface area contributed by atoms with Crippen LogP contribution in [0, 0.1) is 23.5 Å². The second-order valence-electron chi connectivity index (χ2n) is 9.07. The lowest BCUT2D eigenvalue weighted by Gasteiger charge is -2.60. The molecular formula is C23H24ClF2NO6S. The van der Waals surface area contributed by atoms with Gasteiger partial charge in [-0.3, -0.25) is 4.79 Å². The Kier molecular flexibility index (Phi) is 6.50. The molecule has 11 heteroatoms. The first-order chi connectivity index (χ1) is 15.9. The fourth-order valence-electron chi connectivity index (χ4n) is 5.14. The zero-order valence-corrected chi connectivity index (χ0v) is 19.7. The van der Waals surface area contributed by atoms with Crippen molar-refractivity contribution in [2.24, 2.45) is 11.8 Å². The van der Waals surface area contributed by atoms with Crippen LogP contribution in [0.25, 0.3) is 0 Å². The molecule has 5 rings (SSSR count). The minimum atomic E-state index is -4.01. The lowest BCUT2D eigenvalue weighted by Crippen LogP contribution is -2.69. The second kappa shape index (κ2) is 8.83. The Labute approximate surface area is 200 Å². The third kappa shape index (κ3) is 4.11. The largest absolute Gasteiger partial charge is 0.391 e. The molecule has 7 nitrogen and oxygen atoms in total. The summed E-state index contributed by atoms with van der Waals surface area (Å²) in [6.07, 6.45) is -1.87. The summed E-state index contributed by atoms with van der Waals surface area (Å²) in [6, 6.07) is 6.54. The molecule has 0 aliphatic heterocycles. The Bertz CT molecular complexity index is 1230. The first-order valence-electron chi connectivity index (χ1n) is 10.7. The lowest BCUT2D eigenvalue weighted by molar-refractivity contribution is -0.249. The van der Waals surface area contributed by atoms with Crippen LogP contribution in [0.3, 0.4) is 0 Å². The van der Waals surface area contributed by atoms with Gasteiger partial charge >= 0.3 is 0 Å². The van der Waals surface area contributed by atoms with Crippen LogP contribution < -0.4 is 5.32 Å². The highest BCUT2D eigenvalue weighted by Crippen LogP contribution is 2.57. The van der Waals surface area contributed by atoms with E-state index in [9.17, 15) is 37.3 Å². The van der Waals surface area contributed by atoms with E-state index in [1.807, 2.05) is 0 Å². The van der Waals surface area contributed by atoms with E-state index < -0.39 is 62.3 Å². The van der Waals surface area contributed by atoms with Gasteiger partial charge in [0.1, 0.15) is 6.10 Å². The van der Waals surface area contributed by atoms with E-state index in [2.05, 4.69) is 5.32 Å². The van der Waals surface area contributed by atoms with Gasteiger partial charge in [-0.15, -0.1) is 0 Å². The molecule has 3 fully saturated rings. The summed E-state index contributed by atoms with van der Waals surface area (Å²) in [5.41, 5.74) is -1.60. The van der Waals surface area contributed by atoms with E-state index in [1.54, 1.807) is 0 Å². The average molecular weight is 516 g/mol. The molecule has 3 saturated carbocycles. The molecule has 3 aliphatic carbocycles. The fraction of sp³-hybridized carbons (Fsp3) is 0.435. The standard InChI is InChI=1S/C23H24ClF2NO6S/c1-11(28)21(29)23(31)13-7-14(23)9-16(8-13)34(32,33)20-6-12(2-4-17(20)24)22(30)27-15-3-5-18(25)19(26)10-15/h2-6,10-11,13-14,16,21,28-29,31H,7-9H2,1H3,(H,27,30)/t11-,13?,14?,16-,21+,23-/m1/s1. The Morgan fingerprint density at radius 1 is 1.09 bits per heavy atom. The summed E-state index contributed by atoms with van der Waals surface area (Å²) in [7, 11) is -4.01. The summed E-state index contributed by atoms with van der Waals surface area (Å²) >= 11 is 6.17. The molecule has 0 heterocycles. The molecule has 2 aromatic carbocycles. The molecule has 3 aliphatic rings. The minimum Gasteiger partial charge on any atom is -0.391 e. The van der Waals surface area contributed by atoms with E-state index in [4.69, 9.17) is 11.6 Å². The first-order valence-corrected chi connectivity index (χ1v) is 12.7. The second-order valence-corrected chi connectivity index (χ2v) is 11.7. The number of halogens is 3. The van der Waals surface area contributed by atoms with Crippen molar-refractivity contribution in [3.05, 3.63) is 58.6 Å². The summed E-state index contributed by atoms with van der Waals surface area (Å²) in [5.74, 6) is -3.96. The number of fused-ring (bicyclic) bond motifs is 2. The van der Waals surface area contributed by atoms with E-state index >= 15 is 0 Å². The minimum absolute atomic E-state index is 0.00780. The van der Waals surface area contributed by atoms with Gasteiger partial charge in [-0.2, -0.15) is 0 Å². The Morgan fingerprint density at radius 2 is 1.74 bits per heavy atom. The number of sulfone groups is 1. The topological polar surface area (TPSA) is 124 Å². The maximum absolute atomic E-state index is 13.4. The molecule has 4 N–H and O–H groups in total. The predicted molar refractivity (Wildman–Crippen MR) is 120 cm³/mol. The molecule has 2 aromatic rings. The Hall–Kier alpha value is -2.11. The highest BCUT2D eigenvalue weighted by atomic mass is 35.5. The number of hydrogen-bond donors (Lipinski definition) is 4. The molecule has 4 atom stereocenters. The quantitative estimate of drug-likeness (QED) is 0.469. The van der Waals surface area contributed by atoms with E-state index in [-0.39, 0.29) is 34.0 Å². The molecule has 34 heavy (non-hydrogen) atoms. The van der Waals surface area contributed by atoms with Gasteiger partial charge in [0, 0.05) is 17.3 Å². The molecule has 184 valence electrons. The Morgan fingerprint density at radius 3 is 2.32 bits per heavy atom. The van der Waals surface area contributed by atoms with E-state index in [0.29, 0.717) is 6.42 Å². The van der Waals surface area contributed by atoms with Crippen LogP contribution in [0.15, 0.2) is 41.3 Å². The predicted octanol–water partition coefficient (Wildman–Crippen LogP) is 2.92. The highest BCUT2D eigenvalue weighted by Gasteiger charge is 2.63. The number of aliphatic hydroxyl groups is 3. The molecule has 0 radical (unpaired) electrons. The fourth-order valence-corrected chi connectivity index (χ4v) is 7.54. The van der Waals surface area contributed by atoms with Crippen LogP contribution >= 0.6 is 11.6 Å². The van der Waals surface area contributed by atoms with Gasteiger partial charge in [-0.1, -0.05) is 11.6 Å². The summed E-state index contributed by atoms with van der Waals surface area (Å²) < 4.78 is 53.3. The van der Waals surface area contributed by atoms with Crippen molar-refractivity contribution in [1.29, 1.82) is 0 Å². The molecule has 0 spiro atoms. The number of rotatable bonds is 6. The van der Waals surface area contributed by atoms with Gasteiger partial charge in [0.25, 0.3) is 5.91 Å². The lowest BCUT2D eigenvalue weighted by atomic mass is 9.51. The number of amides is 1. The number of nitrogens with one attached hydrogen (secondary N) is 1. The number of hydrogen-bond acceptors (Lipinski definition) is 6. The van der Waals surface area contributed by atoms with Gasteiger partial charge in [-0.05, 0) is 68.4 Å². The van der Waals surface area contributed by atoms with Gasteiger partial charge in [0.05, 0.1) is 26.9 Å². The van der Waals surface area contributed by atoms with Crippen molar-refractivity contribution in [2.45, 2.75) is 54.1 Å². The molecule has 0 saturated heterocycles. The zero-order valence-electron chi connectivity index (χ0n) is 18.1. The van der Waals surface area contributed by atoms with Crippen LogP contribution in [0.1, 0.15) is 36.5 Å². The smallest absolute Gasteiger partial charge is 0.255 e. The van der Waals surface area contributed by atoms with Crippen LogP contribution in [0.2, 0.25) is 5.02 Å². The summed E-state index contributed by atoms with van der Waals surface area (Å²) in [5, 5.41) is 32.3. The van der Waals surface area contributed by atoms with Crippen molar-refractivity contribution in [3.8, 4) is 0 Å². The SMILES string of the molecule is C[C@@H](O)[C@H](O)[C@]1(O)C2CC1C[C@@H](S(=O)(=O)c1cc(C(=O)Nc3ccc(F)c(F)c3)ccc1Cl)C2. The maximum Gasteiger partial charge on any atom is 0.255 e. The van der Waals surface area contributed by atoms with Gasteiger partial charge in [0.2, 0.25) is 0 Å². The summed E-state index contributed by atoms with van der Waals surface area (Å²) in [4.78, 5) is 12.4. The molecule has 2 unspecified atom stereocenters. The van der Waals surface area contributed by atoms with Gasteiger partial charge < -0.3 is 20.6 Å². The van der Waals surface area contributed by atoms with Crippen molar-refractivity contribution in [3.63, 3.8) is 0 Å². The van der Waals surface area contributed by atoms with E-state index in [0.717, 1.165) is 18.2 Å². The van der Waals surface area contributed by atoms with Crippen LogP contribution in [0.5, 0.6) is 0 Å². The van der Waals surface area contributed by atoms with Crippen molar-refractivity contribution >= 4 is 33.0 Å². The van der Waals surface area contributed by atoms with Crippen molar-refractivity contribution in [1.82, 2.24) is 0 Å². The number of benzene rings is 2. The maximum atomic E-state index is 13.4. The molecule has 1 amide bonds. The molecular weight excluding hydrogens is 492 g/mol. The van der Waals surface area contributed by atoms with Gasteiger partial charge in [0.15, 0.2) is 21.5 Å². The third-order valence-corrected chi connectivity index (χ3v) is 9.67. The van der Waals surface area contributed by atoms with Gasteiger partial charge in [-0.25, -0.2) is 17.2 Å². The van der Waals surface area contributed by atoms with Crippen LogP contribution in [-0.2, 0) is 9.84 Å². The highest BCUT2D eigenvalue weighted by molar-refractivity contribution is 7.92.